The van der Waals surface area contributed by atoms with Gasteiger partial charge in [-0.1, -0.05) is 24.3 Å². The van der Waals surface area contributed by atoms with Crippen molar-refractivity contribution < 1.29 is 9.59 Å². The fraction of sp³-hybridized carbons (Fsp3) is 0.478. The van der Waals surface area contributed by atoms with Crippen LogP contribution in [0.3, 0.4) is 0 Å². The largest absolute Gasteiger partial charge is 0.346 e. The van der Waals surface area contributed by atoms with Gasteiger partial charge in [0.1, 0.15) is 0 Å². The Labute approximate surface area is 183 Å². The SMILES string of the molecule is Cc1cccc(C)c1NC(=O)CNC(=O)C(C)N1CCN(CCc2cccs2)CC1. The van der Waals surface area contributed by atoms with Crippen molar-refractivity contribution in [3.05, 3.63) is 51.7 Å². The number of aryl methyl sites for hydroxylation is 2. The van der Waals surface area contributed by atoms with Crippen molar-refractivity contribution in [2.24, 2.45) is 0 Å². The molecule has 1 aromatic heterocycles. The number of piperazine rings is 1. The first kappa shape index (κ1) is 22.5. The summed E-state index contributed by atoms with van der Waals surface area (Å²) in [5.74, 6) is -0.301. The molecule has 0 aliphatic carbocycles. The minimum Gasteiger partial charge on any atom is -0.346 e. The van der Waals surface area contributed by atoms with Crippen LogP contribution >= 0.6 is 11.3 Å². The number of benzene rings is 1. The van der Waals surface area contributed by atoms with Crippen LogP contribution in [-0.2, 0) is 16.0 Å². The van der Waals surface area contributed by atoms with Gasteiger partial charge in [0.2, 0.25) is 11.8 Å². The van der Waals surface area contributed by atoms with Gasteiger partial charge in [-0.3, -0.25) is 14.5 Å². The predicted molar refractivity (Wildman–Crippen MR) is 123 cm³/mol. The monoisotopic (exact) mass is 428 g/mol. The van der Waals surface area contributed by atoms with E-state index in [2.05, 4.69) is 37.9 Å². The molecule has 0 spiro atoms. The van der Waals surface area contributed by atoms with Gasteiger partial charge in [0.25, 0.3) is 0 Å². The molecule has 162 valence electrons. The Morgan fingerprint density at radius 2 is 1.77 bits per heavy atom. The highest BCUT2D eigenvalue weighted by molar-refractivity contribution is 7.09. The van der Waals surface area contributed by atoms with E-state index in [0.717, 1.165) is 56.0 Å². The summed E-state index contributed by atoms with van der Waals surface area (Å²) in [5, 5.41) is 7.82. The van der Waals surface area contributed by atoms with Crippen LogP contribution in [0.25, 0.3) is 0 Å². The number of hydrogen-bond acceptors (Lipinski definition) is 5. The Kier molecular flexibility index (Phi) is 8.01. The van der Waals surface area contributed by atoms with Crippen LogP contribution in [0.4, 0.5) is 5.69 Å². The van der Waals surface area contributed by atoms with Crippen LogP contribution in [0, 0.1) is 13.8 Å². The smallest absolute Gasteiger partial charge is 0.243 e. The number of rotatable bonds is 8. The molecule has 1 aliphatic rings. The summed E-state index contributed by atoms with van der Waals surface area (Å²) in [5.41, 5.74) is 2.85. The maximum absolute atomic E-state index is 12.6. The molecule has 0 radical (unpaired) electrons. The van der Waals surface area contributed by atoms with Crippen molar-refractivity contribution in [2.75, 3.05) is 44.6 Å². The highest BCUT2D eigenvalue weighted by Crippen LogP contribution is 2.19. The van der Waals surface area contributed by atoms with Crippen LogP contribution < -0.4 is 10.6 Å². The van der Waals surface area contributed by atoms with Gasteiger partial charge in [-0.05, 0) is 49.8 Å². The molecule has 1 atom stereocenters. The summed E-state index contributed by atoms with van der Waals surface area (Å²) >= 11 is 1.81. The Balaban J connectivity index is 1.39. The zero-order chi connectivity index (χ0) is 21.5. The second-order valence-corrected chi connectivity index (χ2v) is 8.95. The van der Waals surface area contributed by atoms with Gasteiger partial charge >= 0.3 is 0 Å². The lowest BCUT2D eigenvalue weighted by Crippen LogP contribution is -2.54. The fourth-order valence-corrected chi connectivity index (χ4v) is 4.47. The molecular formula is C23H32N4O2S. The molecule has 2 aromatic rings. The molecule has 2 amide bonds. The third kappa shape index (κ3) is 6.14. The first-order valence-corrected chi connectivity index (χ1v) is 11.4. The number of nitrogens with zero attached hydrogens (tertiary/aromatic N) is 2. The Morgan fingerprint density at radius 1 is 1.07 bits per heavy atom. The molecule has 1 aliphatic heterocycles. The Bertz CT molecular complexity index is 825. The van der Waals surface area contributed by atoms with E-state index >= 15 is 0 Å². The van der Waals surface area contributed by atoms with Crippen molar-refractivity contribution in [3.8, 4) is 0 Å². The van der Waals surface area contributed by atoms with Crippen LogP contribution in [0.5, 0.6) is 0 Å². The van der Waals surface area contributed by atoms with Crippen molar-refractivity contribution >= 4 is 28.8 Å². The summed E-state index contributed by atoms with van der Waals surface area (Å²) in [6.45, 7) is 10.6. The molecular weight excluding hydrogens is 396 g/mol. The number of nitrogens with one attached hydrogen (secondary N) is 2. The number of para-hydroxylation sites is 1. The topological polar surface area (TPSA) is 64.7 Å². The number of thiophene rings is 1. The van der Waals surface area contributed by atoms with Gasteiger partial charge < -0.3 is 15.5 Å². The van der Waals surface area contributed by atoms with Gasteiger partial charge in [0.05, 0.1) is 12.6 Å². The molecule has 1 aromatic carbocycles. The number of hydrogen-bond donors (Lipinski definition) is 2. The third-order valence-corrected chi connectivity index (χ3v) is 6.69. The zero-order valence-corrected chi connectivity index (χ0v) is 18.9. The zero-order valence-electron chi connectivity index (χ0n) is 18.1. The quantitative estimate of drug-likeness (QED) is 0.679. The number of carbonyl (C=O) groups is 2. The fourth-order valence-electron chi connectivity index (χ4n) is 3.77. The summed E-state index contributed by atoms with van der Waals surface area (Å²) in [7, 11) is 0. The predicted octanol–water partition coefficient (Wildman–Crippen LogP) is 2.67. The van der Waals surface area contributed by atoms with Crippen LogP contribution in [0.1, 0.15) is 22.9 Å². The highest BCUT2D eigenvalue weighted by Gasteiger charge is 2.25. The molecule has 2 heterocycles. The first-order chi connectivity index (χ1) is 14.4. The van der Waals surface area contributed by atoms with E-state index in [1.807, 2.05) is 50.3 Å². The number of anilines is 1. The van der Waals surface area contributed by atoms with E-state index < -0.39 is 0 Å². The summed E-state index contributed by atoms with van der Waals surface area (Å²) in [6, 6.07) is 9.93. The second kappa shape index (κ2) is 10.7. The van der Waals surface area contributed by atoms with Crippen LogP contribution in [0.15, 0.2) is 35.7 Å². The standard InChI is InChI=1S/C23H32N4O2S/c1-17-6-4-7-18(2)22(17)25-21(28)16-24-23(29)19(3)27-13-11-26(12-14-27)10-9-20-8-5-15-30-20/h4-8,15,19H,9-14,16H2,1-3H3,(H,24,29)(H,25,28). The molecule has 1 unspecified atom stereocenters. The van der Waals surface area contributed by atoms with E-state index in [9.17, 15) is 9.59 Å². The lowest BCUT2D eigenvalue weighted by Gasteiger charge is -2.37. The summed E-state index contributed by atoms with van der Waals surface area (Å²) in [4.78, 5) is 30.9. The molecule has 1 saturated heterocycles. The Morgan fingerprint density at radius 3 is 2.40 bits per heavy atom. The number of amides is 2. The average molecular weight is 429 g/mol. The van der Waals surface area contributed by atoms with Gasteiger partial charge in [-0.15, -0.1) is 11.3 Å². The lowest BCUT2D eigenvalue weighted by atomic mass is 10.1. The molecule has 1 fully saturated rings. The van der Waals surface area contributed by atoms with E-state index in [1.54, 1.807) is 0 Å². The van der Waals surface area contributed by atoms with Gasteiger partial charge in [0, 0.05) is 43.3 Å². The van der Waals surface area contributed by atoms with Crippen molar-refractivity contribution in [1.29, 1.82) is 0 Å². The Hall–Kier alpha value is -2.22. The normalized spacial score (nSPS) is 16.2. The maximum Gasteiger partial charge on any atom is 0.243 e. The summed E-state index contributed by atoms with van der Waals surface area (Å²) < 4.78 is 0. The molecule has 3 rings (SSSR count). The highest BCUT2D eigenvalue weighted by atomic mass is 32.1. The van der Waals surface area contributed by atoms with E-state index in [-0.39, 0.29) is 24.4 Å². The molecule has 2 N–H and O–H groups in total. The van der Waals surface area contributed by atoms with Crippen LogP contribution in [-0.4, -0.2) is 66.9 Å². The van der Waals surface area contributed by atoms with Gasteiger partial charge in [-0.25, -0.2) is 0 Å². The van der Waals surface area contributed by atoms with Gasteiger partial charge in [0.15, 0.2) is 0 Å². The first-order valence-electron chi connectivity index (χ1n) is 10.6. The van der Waals surface area contributed by atoms with Crippen LogP contribution in [0.2, 0.25) is 0 Å². The lowest BCUT2D eigenvalue weighted by molar-refractivity contribution is -0.128. The third-order valence-electron chi connectivity index (χ3n) is 5.76. The van der Waals surface area contributed by atoms with Crippen molar-refractivity contribution in [3.63, 3.8) is 0 Å². The van der Waals surface area contributed by atoms with E-state index in [0.29, 0.717) is 0 Å². The van der Waals surface area contributed by atoms with Crippen molar-refractivity contribution in [2.45, 2.75) is 33.2 Å². The molecule has 0 saturated carbocycles. The van der Waals surface area contributed by atoms with E-state index in [4.69, 9.17) is 0 Å². The van der Waals surface area contributed by atoms with Crippen molar-refractivity contribution in [1.82, 2.24) is 15.1 Å². The second-order valence-electron chi connectivity index (χ2n) is 7.92. The number of carbonyl (C=O) groups excluding carboxylic acids is 2. The molecule has 7 heteroatoms. The van der Waals surface area contributed by atoms with E-state index in [1.165, 1.54) is 4.88 Å². The molecule has 30 heavy (non-hydrogen) atoms. The minimum atomic E-state index is -0.238. The maximum atomic E-state index is 12.6. The molecule has 0 bridgehead atoms. The average Bonchev–Trinajstić information content (AvgIpc) is 3.27. The van der Waals surface area contributed by atoms with Gasteiger partial charge in [-0.2, -0.15) is 0 Å². The minimum absolute atomic E-state index is 0.0161. The molecule has 6 nitrogen and oxygen atoms in total. The summed E-state index contributed by atoms with van der Waals surface area (Å²) in [6.07, 6.45) is 1.09.